The maximum Gasteiger partial charge on any atom is 0.234 e. The Morgan fingerprint density at radius 3 is 2.65 bits per heavy atom. The predicted molar refractivity (Wildman–Crippen MR) is 99.1 cm³/mol. The summed E-state index contributed by atoms with van der Waals surface area (Å²) in [5.74, 6) is 0.540. The molecule has 1 amide bonds. The summed E-state index contributed by atoms with van der Waals surface area (Å²) < 4.78 is 0.733. The summed E-state index contributed by atoms with van der Waals surface area (Å²) in [6.45, 7) is 5.08. The minimum atomic E-state index is -0.197. The monoisotopic (exact) mass is 390 g/mol. The third-order valence-electron chi connectivity index (χ3n) is 2.62. The van der Waals surface area contributed by atoms with Gasteiger partial charge in [-0.05, 0) is 18.1 Å². The number of carbonyl (C=O) groups is 1. The lowest BCUT2D eigenvalue weighted by molar-refractivity contribution is -0.113. The van der Waals surface area contributed by atoms with Crippen molar-refractivity contribution in [3.63, 3.8) is 0 Å². The minimum absolute atomic E-state index is 0.197. The fraction of sp³-hybridized carbons (Fsp3) is 0.357. The molecule has 0 saturated carbocycles. The number of amides is 1. The van der Waals surface area contributed by atoms with E-state index in [-0.39, 0.29) is 11.7 Å². The lowest BCUT2D eigenvalue weighted by Gasteiger charge is -2.08. The molecule has 1 aromatic heterocycles. The zero-order valence-electron chi connectivity index (χ0n) is 12.6. The highest BCUT2D eigenvalue weighted by Gasteiger charge is 2.12. The van der Waals surface area contributed by atoms with Crippen LogP contribution in [0.3, 0.4) is 0 Å². The first-order valence-electron chi connectivity index (χ1n) is 6.89. The molecule has 124 valence electrons. The van der Waals surface area contributed by atoms with Gasteiger partial charge in [0, 0.05) is 6.54 Å². The van der Waals surface area contributed by atoms with Crippen molar-refractivity contribution >= 4 is 63.0 Å². The highest BCUT2D eigenvalue weighted by molar-refractivity contribution is 8.01. The van der Waals surface area contributed by atoms with Gasteiger partial charge in [0.2, 0.25) is 11.0 Å². The number of hydrogen-bond acceptors (Lipinski definition) is 6. The Morgan fingerprint density at radius 1 is 1.30 bits per heavy atom. The van der Waals surface area contributed by atoms with Crippen LogP contribution in [0.4, 0.5) is 10.8 Å². The molecule has 0 bridgehead atoms. The Bertz CT molecular complexity index is 658. The molecule has 2 aromatic rings. The number of carbonyl (C=O) groups excluding carboxylic acids is 1. The first kappa shape index (κ1) is 18.3. The third-order valence-corrected chi connectivity index (χ3v) is 5.27. The van der Waals surface area contributed by atoms with Crippen LogP contribution in [-0.4, -0.2) is 28.4 Å². The average Bonchev–Trinajstić information content (AvgIpc) is 2.95. The van der Waals surface area contributed by atoms with Gasteiger partial charge in [-0.25, -0.2) is 0 Å². The second kappa shape index (κ2) is 8.73. The molecular weight excluding hydrogens is 375 g/mol. The van der Waals surface area contributed by atoms with Crippen LogP contribution in [0.25, 0.3) is 0 Å². The summed E-state index contributed by atoms with van der Waals surface area (Å²) in [6, 6.07) is 5.07. The third kappa shape index (κ3) is 5.84. The number of benzene rings is 1. The lowest BCUT2D eigenvalue weighted by atomic mass is 10.2. The fourth-order valence-corrected chi connectivity index (χ4v) is 3.60. The Kier molecular flexibility index (Phi) is 6.95. The second-order valence-corrected chi connectivity index (χ2v) is 8.10. The molecule has 0 saturated heterocycles. The Balaban J connectivity index is 1.85. The zero-order chi connectivity index (χ0) is 16.8. The van der Waals surface area contributed by atoms with E-state index >= 15 is 0 Å². The number of aromatic nitrogens is 2. The maximum atomic E-state index is 12.0. The van der Waals surface area contributed by atoms with Gasteiger partial charge in [0.25, 0.3) is 0 Å². The maximum absolute atomic E-state index is 12.0. The van der Waals surface area contributed by atoms with E-state index in [9.17, 15) is 4.79 Å². The molecule has 23 heavy (non-hydrogen) atoms. The van der Waals surface area contributed by atoms with E-state index < -0.39 is 0 Å². The zero-order valence-corrected chi connectivity index (χ0v) is 15.7. The molecule has 9 heteroatoms. The molecule has 1 heterocycles. The van der Waals surface area contributed by atoms with E-state index in [1.165, 1.54) is 23.1 Å². The number of anilines is 2. The molecule has 0 aliphatic carbocycles. The summed E-state index contributed by atoms with van der Waals surface area (Å²) in [5.41, 5.74) is 0.429. The van der Waals surface area contributed by atoms with Crippen LogP contribution >= 0.6 is 46.3 Å². The van der Waals surface area contributed by atoms with Gasteiger partial charge >= 0.3 is 0 Å². The predicted octanol–water partition coefficient (Wildman–Crippen LogP) is 4.64. The number of hydrogen-bond donors (Lipinski definition) is 2. The Hall–Kier alpha value is -1.02. The van der Waals surface area contributed by atoms with Gasteiger partial charge in [-0.2, -0.15) is 0 Å². The molecule has 2 N–H and O–H groups in total. The molecule has 0 spiro atoms. The summed E-state index contributed by atoms with van der Waals surface area (Å²) in [7, 11) is 0. The number of nitrogens with one attached hydrogen (secondary N) is 2. The topological polar surface area (TPSA) is 66.9 Å². The van der Waals surface area contributed by atoms with Gasteiger partial charge in [0.1, 0.15) is 0 Å². The number of halogens is 2. The molecular formula is C14H16Cl2N4OS2. The molecule has 0 aliphatic heterocycles. The summed E-state index contributed by atoms with van der Waals surface area (Å²) in [6.07, 6.45) is 0. The second-order valence-electron chi connectivity index (χ2n) is 5.08. The summed E-state index contributed by atoms with van der Waals surface area (Å²) >= 11 is 14.8. The van der Waals surface area contributed by atoms with Crippen molar-refractivity contribution in [2.24, 2.45) is 5.92 Å². The van der Waals surface area contributed by atoms with E-state index in [0.717, 1.165) is 16.0 Å². The number of nitrogens with zero attached hydrogens (tertiary/aromatic N) is 2. The fourth-order valence-electron chi connectivity index (χ4n) is 1.55. The van der Waals surface area contributed by atoms with Gasteiger partial charge < -0.3 is 10.6 Å². The van der Waals surface area contributed by atoms with Crippen molar-refractivity contribution in [3.05, 3.63) is 28.2 Å². The normalized spacial score (nSPS) is 10.8. The molecule has 5 nitrogen and oxygen atoms in total. The van der Waals surface area contributed by atoms with Crippen LogP contribution in [0.2, 0.25) is 10.0 Å². The van der Waals surface area contributed by atoms with Crippen LogP contribution in [0.5, 0.6) is 0 Å². The van der Waals surface area contributed by atoms with E-state index in [1.807, 2.05) is 0 Å². The van der Waals surface area contributed by atoms with E-state index in [1.54, 1.807) is 18.2 Å². The standard InChI is InChI=1S/C14H16Cl2N4OS2/c1-8(2)6-17-13-19-20-14(23-13)22-7-11(21)18-12-9(15)4-3-5-10(12)16/h3-5,8H,6-7H2,1-2H3,(H,17,19)(H,18,21). The molecule has 0 fully saturated rings. The molecule has 2 rings (SSSR count). The van der Waals surface area contributed by atoms with Gasteiger partial charge in [-0.1, -0.05) is 66.2 Å². The van der Waals surface area contributed by atoms with Gasteiger partial charge in [-0.3, -0.25) is 4.79 Å². The number of rotatable bonds is 7. The van der Waals surface area contributed by atoms with Crippen molar-refractivity contribution in [2.75, 3.05) is 22.9 Å². The lowest BCUT2D eigenvalue weighted by Crippen LogP contribution is -2.14. The Morgan fingerprint density at radius 2 is 2.00 bits per heavy atom. The smallest absolute Gasteiger partial charge is 0.234 e. The summed E-state index contributed by atoms with van der Waals surface area (Å²) in [5, 5.41) is 15.6. The van der Waals surface area contributed by atoms with E-state index in [4.69, 9.17) is 23.2 Å². The van der Waals surface area contributed by atoms with Crippen molar-refractivity contribution in [1.29, 1.82) is 0 Å². The van der Waals surface area contributed by atoms with Crippen LogP contribution < -0.4 is 10.6 Å². The van der Waals surface area contributed by atoms with Crippen LogP contribution in [0.1, 0.15) is 13.8 Å². The summed E-state index contributed by atoms with van der Waals surface area (Å²) in [4.78, 5) is 12.0. The quantitative estimate of drug-likeness (QED) is 0.673. The number of para-hydroxylation sites is 1. The molecule has 0 atom stereocenters. The first-order valence-corrected chi connectivity index (χ1v) is 9.45. The highest BCUT2D eigenvalue weighted by atomic mass is 35.5. The van der Waals surface area contributed by atoms with Gasteiger partial charge in [0.05, 0.1) is 21.5 Å². The molecule has 1 aromatic carbocycles. The Labute approximate surface area is 153 Å². The van der Waals surface area contributed by atoms with Gasteiger partial charge in [0.15, 0.2) is 4.34 Å². The van der Waals surface area contributed by atoms with Crippen molar-refractivity contribution < 1.29 is 4.79 Å². The van der Waals surface area contributed by atoms with E-state index in [2.05, 4.69) is 34.7 Å². The van der Waals surface area contributed by atoms with Crippen molar-refractivity contribution in [2.45, 2.75) is 18.2 Å². The average molecular weight is 391 g/mol. The molecule has 0 unspecified atom stereocenters. The first-order chi connectivity index (χ1) is 11.0. The van der Waals surface area contributed by atoms with Crippen LogP contribution in [-0.2, 0) is 4.79 Å². The van der Waals surface area contributed by atoms with Crippen LogP contribution in [0, 0.1) is 5.92 Å². The molecule has 0 aliphatic rings. The van der Waals surface area contributed by atoms with Crippen molar-refractivity contribution in [1.82, 2.24) is 10.2 Å². The highest BCUT2D eigenvalue weighted by Crippen LogP contribution is 2.30. The SMILES string of the molecule is CC(C)CNc1nnc(SCC(=O)Nc2c(Cl)cccc2Cl)s1. The van der Waals surface area contributed by atoms with Gasteiger partial charge in [-0.15, -0.1) is 10.2 Å². The molecule has 0 radical (unpaired) electrons. The number of thioether (sulfide) groups is 1. The van der Waals surface area contributed by atoms with Crippen molar-refractivity contribution in [3.8, 4) is 0 Å². The minimum Gasteiger partial charge on any atom is -0.360 e. The van der Waals surface area contributed by atoms with E-state index in [0.29, 0.717) is 21.7 Å². The van der Waals surface area contributed by atoms with Crippen LogP contribution in [0.15, 0.2) is 22.5 Å². The largest absolute Gasteiger partial charge is 0.360 e.